The van der Waals surface area contributed by atoms with Crippen LogP contribution in [-0.4, -0.2) is 48.5 Å². The van der Waals surface area contributed by atoms with Crippen molar-refractivity contribution in [1.82, 2.24) is 28.7 Å². The second-order valence-electron chi connectivity index (χ2n) is 12.3. The predicted molar refractivity (Wildman–Crippen MR) is 176 cm³/mol. The molecular weight excluding hydrogens is 570 g/mol. The zero-order chi connectivity index (χ0) is 31.0. The summed E-state index contributed by atoms with van der Waals surface area (Å²) in [5, 5.41) is 20.0. The normalized spacial score (nSPS) is 12.7. The molecule has 6 aromatic rings. The van der Waals surface area contributed by atoms with E-state index < -0.39 is 14.1 Å². The minimum absolute atomic E-state index is 0.151. The summed E-state index contributed by atoms with van der Waals surface area (Å²) in [6.45, 7) is 11.8. The van der Waals surface area contributed by atoms with Gasteiger partial charge in [0.1, 0.15) is 35.8 Å². The Labute approximate surface area is 256 Å². The second kappa shape index (κ2) is 11.7. The van der Waals surface area contributed by atoms with Gasteiger partial charge in [-0.05, 0) is 49.7 Å². The number of hydrogen-bond donors (Lipinski definition) is 2. The van der Waals surface area contributed by atoms with E-state index in [1.807, 2.05) is 73.1 Å². The lowest BCUT2D eigenvalue weighted by Gasteiger charge is -2.20. The molecule has 1 unspecified atom stereocenters. The zero-order valence-corrected chi connectivity index (χ0v) is 26.7. The number of aromatic nitrogens is 6. The molecule has 2 aromatic carbocycles. The number of para-hydroxylation sites is 2. The van der Waals surface area contributed by atoms with Crippen LogP contribution in [0.5, 0.6) is 5.75 Å². The van der Waals surface area contributed by atoms with E-state index in [1.54, 1.807) is 27.4 Å². The van der Waals surface area contributed by atoms with Crippen molar-refractivity contribution in [1.29, 1.82) is 0 Å². The molecule has 0 bridgehead atoms. The molecule has 10 nitrogen and oxygen atoms in total. The molecule has 0 radical (unpaired) electrons. The van der Waals surface area contributed by atoms with Crippen molar-refractivity contribution >= 4 is 30.4 Å². The van der Waals surface area contributed by atoms with Gasteiger partial charge in [0.05, 0.1) is 17.1 Å². The van der Waals surface area contributed by atoms with Gasteiger partial charge in [0.2, 0.25) is 0 Å². The lowest BCUT2D eigenvalue weighted by molar-refractivity contribution is 0.0899. The molecule has 4 heterocycles. The molecule has 0 saturated carbocycles. The molecule has 44 heavy (non-hydrogen) atoms. The fourth-order valence-electron chi connectivity index (χ4n) is 5.39. The van der Waals surface area contributed by atoms with Gasteiger partial charge in [-0.1, -0.05) is 56.0 Å². The first-order valence-electron chi connectivity index (χ1n) is 14.7. The standard InChI is InChI=1S/C33H37N7O3Si/c1-22-15-16-39-29(22)33(42)40(24-11-7-6-8-12-24)31(37-39)23(2)36-30-28-26(25-13-9-10-14-27(25)41)19-38(32(28)35-20-34-30)21-43-17-18-44(3,4)5/h6-16,19-20,23,41H,17-18,21H2,1-5H3,(H,34,35,36). The average Bonchev–Trinajstić information content (AvgIpc) is 3.56. The van der Waals surface area contributed by atoms with Crippen molar-refractivity contribution in [3.8, 4) is 22.6 Å². The first kappa shape index (κ1) is 29.3. The Kier molecular flexibility index (Phi) is 7.83. The number of aryl methyl sites for hydroxylation is 1. The molecular formula is C33H37N7O3Si. The smallest absolute Gasteiger partial charge is 0.282 e. The topological polar surface area (TPSA) is 112 Å². The number of hydrogen-bond acceptors (Lipinski definition) is 7. The maximum Gasteiger partial charge on any atom is 0.282 e. The van der Waals surface area contributed by atoms with Crippen molar-refractivity contribution < 1.29 is 9.84 Å². The van der Waals surface area contributed by atoms with E-state index in [0.29, 0.717) is 41.7 Å². The summed E-state index contributed by atoms with van der Waals surface area (Å²) >= 11 is 0. The van der Waals surface area contributed by atoms with Crippen molar-refractivity contribution in [2.24, 2.45) is 0 Å². The number of phenols is 1. The van der Waals surface area contributed by atoms with Crippen LogP contribution in [0, 0.1) is 6.92 Å². The van der Waals surface area contributed by atoms with Crippen LogP contribution in [0.25, 0.3) is 33.4 Å². The highest BCUT2D eigenvalue weighted by atomic mass is 28.3. The maximum absolute atomic E-state index is 13.9. The molecule has 6 rings (SSSR count). The van der Waals surface area contributed by atoms with E-state index in [4.69, 9.17) is 9.84 Å². The molecule has 2 N–H and O–H groups in total. The van der Waals surface area contributed by atoms with Gasteiger partial charge in [0.15, 0.2) is 5.82 Å². The molecule has 0 amide bonds. The third-order valence-electron chi connectivity index (χ3n) is 7.74. The summed E-state index contributed by atoms with van der Waals surface area (Å²) in [5.41, 5.74) is 4.06. The van der Waals surface area contributed by atoms with Gasteiger partial charge in [0.25, 0.3) is 5.56 Å². The van der Waals surface area contributed by atoms with Gasteiger partial charge in [0, 0.05) is 38.2 Å². The number of ether oxygens (including phenoxy) is 1. The van der Waals surface area contributed by atoms with Crippen molar-refractivity contribution in [3.05, 3.63) is 101 Å². The summed E-state index contributed by atoms with van der Waals surface area (Å²) in [5.74, 6) is 1.23. The molecule has 226 valence electrons. The van der Waals surface area contributed by atoms with Crippen molar-refractivity contribution in [3.63, 3.8) is 0 Å². The van der Waals surface area contributed by atoms with Crippen LogP contribution in [0.3, 0.4) is 0 Å². The van der Waals surface area contributed by atoms with E-state index in [1.165, 1.54) is 6.33 Å². The van der Waals surface area contributed by atoms with Crippen LogP contribution < -0.4 is 10.9 Å². The molecule has 11 heteroatoms. The van der Waals surface area contributed by atoms with Crippen LogP contribution in [0.1, 0.15) is 24.4 Å². The Hall–Kier alpha value is -4.74. The second-order valence-corrected chi connectivity index (χ2v) is 17.9. The van der Waals surface area contributed by atoms with E-state index in [-0.39, 0.29) is 11.3 Å². The van der Waals surface area contributed by atoms with Gasteiger partial charge < -0.3 is 19.7 Å². The number of nitrogens with one attached hydrogen (secondary N) is 1. The Bertz CT molecular complexity index is 2010. The zero-order valence-electron chi connectivity index (χ0n) is 25.7. The third kappa shape index (κ3) is 5.63. The summed E-state index contributed by atoms with van der Waals surface area (Å²) in [6.07, 6.45) is 5.27. The van der Waals surface area contributed by atoms with Gasteiger partial charge in [-0.15, -0.1) is 0 Å². The minimum atomic E-state index is -1.25. The van der Waals surface area contributed by atoms with Gasteiger partial charge in [-0.3, -0.25) is 9.36 Å². The largest absolute Gasteiger partial charge is 0.507 e. The Morgan fingerprint density at radius 1 is 1.00 bits per heavy atom. The predicted octanol–water partition coefficient (Wildman–Crippen LogP) is 6.40. The number of benzene rings is 2. The molecule has 0 spiro atoms. The summed E-state index contributed by atoms with van der Waals surface area (Å²) in [7, 11) is -1.25. The van der Waals surface area contributed by atoms with Crippen LogP contribution >= 0.6 is 0 Å². The summed E-state index contributed by atoms with van der Waals surface area (Å²) in [6, 6.07) is 19.2. The van der Waals surface area contributed by atoms with E-state index in [2.05, 4.69) is 34.9 Å². The number of nitrogens with zero attached hydrogens (tertiary/aromatic N) is 6. The molecule has 1 atom stereocenters. The fraction of sp³-hybridized carbons (Fsp3) is 0.273. The van der Waals surface area contributed by atoms with Gasteiger partial charge >= 0.3 is 0 Å². The van der Waals surface area contributed by atoms with Crippen LogP contribution in [-0.2, 0) is 11.5 Å². The summed E-state index contributed by atoms with van der Waals surface area (Å²) in [4.78, 5) is 23.2. The number of phenolic OH excluding ortho intramolecular Hbond substituents is 1. The van der Waals surface area contributed by atoms with Crippen LogP contribution in [0.2, 0.25) is 25.7 Å². The van der Waals surface area contributed by atoms with Crippen LogP contribution in [0.15, 0.2) is 84.2 Å². The Balaban J connectivity index is 1.45. The van der Waals surface area contributed by atoms with Gasteiger partial charge in [-0.25, -0.2) is 14.5 Å². The number of rotatable bonds is 10. The van der Waals surface area contributed by atoms with Crippen molar-refractivity contribution in [2.75, 3.05) is 11.9 Å². The summed E-state index contributed by atoms with van der Waals surface area (Å²) < 4.78 is 11.3. The third-order valence-corrected chi connectivity index (χ3v) is 9.45. The highest BCUT2D eigenvalue weighted by Crippen LogP contribution is 2.38. The Morgan fingerprint density at radius 3 is 2.50 bits per heavy atom. The maximum atomic E-state index is 13.9. The number of fused-ring (bicyclic) bond motifs is 2. The SMILES string of the molecule is Cc1ccn2nc(C(C)Nc3ncnc4c3c(-c3ccccc3O)cn4COCC[Si](C)(C)C)n(-c3ccccc3)c(=O)c12. The fourth-order valence-corrected chi connectivity index (χ4v) is 6.14. The number of aromatic hydroxyl groups is 1. The number of anilines is 1. The molecule has 0 aliphatic carbocycles. The lowest BCUT2D eigenvalue weighted by atomic mass is 10.0. The molecule has 0 saturated heterocycles. The minimum Gasteiger partial charge on any atom is -0.507 e. The average molecular weight is 608 g/mol. The molecule has 4 aromatic heterocycles. The van der Waals surface area contributed by atoms with E-state index >= 15 is 0 Å². The first-order valence-corrected chi connectivity index (χ1v) is 18.5. The van der Waals surface area contributed by atoms with Crippen molar-refractivity contribution in [2.45, 2.75) is 52.3 Å². The molecule has 0 aliphatic heterocycles. The highest BCUT2D eigenvalue weighted by molar-refractivity contribution is 6.76. The molecule has 0 aliphatic rings. The van der Waals surface area contributed by atoms with Crippen LogP contribution in [0.4, 0.5) is 5.82 Å². The van der Waals surface area contributed by atoms with E-state index in [0.717, 1.165) is 28.2 Å². The monoisotopic (exact) mass is 607 g/mol. The quantitative estimate of drug-likeness (QED) is 0.137. The van der Waals surface area contributed by atoms with E-state index in [9.17, 15) is 9.90 Å². The lowest BCUT2D eigenvalue weighted by Crippen LogP contribution is -2.29. The first-order chi connectivity index (χ1) is 21.1. The van der Waals surface area contributed by atoms with Gasteiger partial charge in [-0.2, -0.15) is 5.10 Å². The Morgan fingerprint density at radius 2 is 1.75 bits per heavy atom. The molecule has 0 fully saturated rings. The highest BCUT2D eigenvalue weighted by Gasteiger charge is 2.23.